The summed E-state index contributed by atoms with van der Waals surface area (Å²) in [6.45, 7) is 1.03. The van der Waals surface area contributed by atoms with E-state index in [-0.39, 0.29) is 6.04 Å². The third kappa shape index (κ3) is 4.22. The van der Waals surface area contributed by atoms with Gasteiger partial charge < -0.3 is 4.90 Å². The average molecular weight is 417 g/mol. The van der Waals surface area contributed by atoms with Gasteiger partial charge in [0, 0.05) is 36.3 Å². The van der Waals surface area contributed by atoms with Gasteiger partial charge in [0.1, 0.15) is 0 Å². The van der Waals surface area contributed by atoms with Crippen molar-refractivity contribution >= 4 is 11.4 Å². The van der Waals surface area contributed by atoms with Gasteiger partial charge in [-0.15, -0.1) is 0 Å². The summed E-state index contributed by atoms with van der Waals surface area (Å²) in [5, 5.41) is 0. The Bertz CT molecular complexity index is 1140. The zero-order valence-corrected chi connectivity index (χ0v) is 18.4. The molecule has 0 aromatic heterocycles. The van der Waals surface area contributed by atoms with Crippen molar-refractivity contribution < 1.29 is 0 Å². The first kappa shape index (κ1) is 20.3. The predicted molar refractivity (Wildman–Crippen MR) is 135 cm³/mol. The van der Waals surface area contributed by atoms with Crippen LogP contribution in [0.1, 0.15) is 40.6 Å². The van der Waals surface area contributed by atoms with Crippen LogP contribution in [0.15, 0.2) is 120 Å². The Balaban J connectivity index is 1.58. The lowest BCUT2D eigenvalue weighted by Crippen LogP contribution is -2.17. The van der Waals surface area contributed by atoms with Gasteiger partial charge in [-0.25, -0.2) is 0 Å². The lowest BCUT2D eigenvalue weighted by molar-refractivity contribution is 0.564. The molecule has 2 unspecified atom stereocenters. The largest absolute Gasteiger partial charge is 0.374 e. The molecule has 4 aromatic rings. The molecular formula is C30H28N2. The molecule has 1 heterocycles. The number of nitrogens with zero attached hydrogens (tertiary/aromatic N) is 2. The minimum atomic E-state index is 0.0798. The Kier molecular flexibility index (Phi) is 5.85. The zero-order valence-electron chi connectivity index (χ0n) is 18.4. The van der Waals surface area contributed by atoms with Crippen LogP contribution in [-0.2, 0) is 0 Å². The molecule has 0 amide bonds. The highest BCUT2D eigenvalue weighted by atomic mass is 15.1. The van der Waals surface area contributed by atoms with Crippen molar-refractivity contribution in [2.45, 2.75) is 18.4 Å². The van der Waals surface area contributed by atoms with Crippen LogP contribution in [0.25, 0.3) is 0 Å². The minimum Gasteiger partial charge on any atom is -0.374 e. The van der Waals surface area contributed by atoms with Gasteiger partial charge in [0.2, 0.25) is 0 Å². The van der Waals surface area contributed by atoms with Crippen molar-refractivity contribution in [3.05, 3.63) is 138 Å². The van der Waals surface area contributed by atoms with Gasteiger partial charge >= 0.3 is 0 Å². The third-order valence-corrected chi connectivity index (χ3v) is 6.35. The fraction of sp³-hybridized carbons (Fsp3) is 0.167. The van der Waals surface area contributed by atoms with Crippen LogP contribution < -0.4 is 4.90 Å². The van der Waals surface area contributed by atoms with E-state index >= 15 is 0 Å². The molecule has 5 rings (SSSR count). The molecular weight excluding hydrogens is 388 g/mol. The summed E-state index contributed by atoms with van der Waals surface area (Å²) in [4.78, 5) is 7.82. The topological polar surface area (TPSA) is 15.6 Å². The molecule has 0 fully saturated rings. The molecule has 0 radical (unpaired) electrons. The molecule has 0 saturated carbocycles. The van der Waals surface area contributed by atoms with E-state index in [4.69, 9.17) is 4.99 Å². The van der Waals surface area contributed by atoms with Crippen LogP contribution in [0, 0.1) is 0 Å². The van der Waals surface area contributed by atoms with E-state index in [1.54, 1.807) is 0 Å². The van der Waals surface area contributed by atoms with Crippen molar-refractivity contribution in [1.82, 2.24) is 0 Å². The fourth-order valence-electron chi connectivity index (χ4n) is 4.78. The molecule has 0 spiro atoms. The third-order valence-electron chi connectivity index (χ3n) is 6.35. The molecule has 1 aliphatic heterocycles. The second-order valence-electron chi connectivity index (χ2n) is 8.51. The van der Waals surface area contributed by atoms with Gasteiger partial charge in [-0.1, -0.05) is 109 Å². The lowest BCUT2D eigenvalue weighted by Gasteiger charge is -2.21. The SMILES string of the molecule is CN1CC(CC(N=C(c2ccccc2)c2ccccc2)c2ccccc2)c2ccccc21. The van der Waals surface area contributed by atoms with Crippen LogP contribution in [0.2, 0.25) is 0 Å². The number of hydrogen-bond acceptors (Lipinski definition) is 2. The number of likely N-dealkylation sites (N-methyl/N-ethyl adjacent to an activating group) is 1. The Morgan fingerprint density at radius 2 is 1.28 bits per heavy atom. The van der Waals surface area contributed by atoms with Crippen molar-refractivity contribution in [1.29, 1.82) is 0 Å². The molecule has 4 aromatic carbocycles. The van der Waals surface area contributed by atoms with Crippen LogP contribution >= 0.6 is 0 Å². The van der Waals surface area contributed by atoms with Gasteiger partial charge in [-0.05, 0) is 23.6 Å². The van der Waals surface area contributed by atoms with Crippen molar-refractivity contribution in [3.8, 4) is 0 Å². The van der Waals surface area contributed by atoms with Crippen LogP contribution in [0.4, 0.5) is 5.69 Å². The quantitative estimate of drug-likeness (QED) is 0.313. The summed E-state index contributed by atoms with van der Waals surface area (Å²) in [5.41, 5.74) is 7.42. The first-order valence-electron chi connectivity index (χ1n) is 11.3. The number of fused-ring (bicyclic) bond motifs is 1. The highest BCUT2D eigenvalue weighted by Gasteiger charge is 2.29. The maximum atomic E-state index is 5.45. The average Bonchev–Trinajstić information content (AvgIpc) is 3.18. The summed E-state index contributed by atoms with van der Waals surface area (Å²) in [6, 6.07) is 40.8. The lowest BCUT2D eigenvalue weighted by atomic mass is 9.90. The number of rotatable bonds is 6. The Morgan fingerprint density at radius 1 is 0.750 bits per heavy atom. The summed E-state index contributed by atoms with van der Waals surface area (Å²) in [5.74, 6) is 0.456. The monoisotopic (exact) mass is 416 g/mol. The van der Waals surface area contributed by atoms with E-state index < -0.39 is 0 Å². The fourth-order valence-corrected chi connectivity index (χ4v) is 4.78. The molecule has 32 heavy (non-hydrogen) atoms. The van der Waals surface area contributed by atoms with Gasteiger partial charge in [0.15, 0.2) is 0 Å². The van der Waals surface area contributed by atoms with E-state index in [2.05, 4.69) is 127 Å². The smallest absolute Gasteiger partial charge is 0.0763 e. The molecule has 0 bridgehead atoms. The molecule has 0 N–H and O–H groups in total. The van der Waals surface area contributed by atoms with Crippen molar-refractivity contribution in [2.24, 2.45) is 4.99 Å². The first-order chi connectivity index (χ1) is 15.8. The van der Waals surface area contributed by atoms with Gasteiger partial charge in [-0.3, -0.25) is 4.99 Å². The Hall–Kier alpha value is -3.65. The maximum absolute atomic E-state index is 5.45. The van der Waals surface area contributed by atoms with E-state index in [0.717, 1.165) is 29.8 Å². The minimum absolute atomic E-state index is 0.0798. The van der Waals surface area contributed by atoms with Gasteiger partial charge in [0.25, 0.3) is 0 Å². The van der Waals surface area contributed by atoms with Crippen molar-refractivity contribution in [2.75, 3.05) is 18.5 Å². The molecule has 1 aliphatic rings. The summed E-state index contributed by atoms with van der Waals surface area (Å²) in [6.07, 6.45) is 0.981. The molecule has 2 atom stereocenters. The van der Waals surface area contributed by atoms with E-state index in [9.17, 15) is 0 Å². The van der Waals surface area contributed by atoms with Gasteiger partial charge in [0.05, 0.1) is 11.8 Å². The second kappa shape index (κ2) is 9.23. The zero-order chi connectivity index (χ0) is 21.8. The Labute approximate surface area is 190 Å². The number of aliphatic imine (C=N–C) groups is 1. The number of hydrogen-bond donors (Lipinski definition) is 0. The predicted octanol–water partition coefficient (Wildman–Crippen LogP) is 6.89. The number of para-hydroxylation sites is 1. The summed E-state index contributed by atoms with van der Waals surface area (Å²) < 4.78 is 0. The van der Waals surface area contributed by atoms with Crippen LogP contribution in [0.5, 0.6) is 0 Å². The normalized spacial score (nSPS) is 15.8. The van der Waals surface area contributed by atoms with E-state index in [1.165, 1.54) is 16.8 Å². The van der Waals surface area contributed by atoms with E-state index in [1.807, 2.05) is 0 Å². The summed E-state index contributed by atoms with van der Waals surface area (Å²) in [7, 11) is 2.19. The highest BCUT2D eigenvalue weighted by molar-refractivity contribution is 6.13. The molecule has 2 heteroatoms. The molecule has 2 nitrogen and oxygen atoms in total. The number of benzene rings is 4. The molecule has 0 aliphatic carbocycles. The standard InChI is InChI=1S/C30H28N2/c1-32-22-26(27-19-11-12-20-29(27)32)21-28(23-13-5-2-6-14-23)31-30(24-15-7-3-8-16-24)25-17-9-4-10-18-25/h2-20,26,28H,21-22H2,1H3. The van der Waals surface area contributed by atoms with Crippen LogP contribution in [0.3, 0.4) is 0 Å². The summed E-state index contributed by atoms with van der Waals surface area (Å²) >= 11 is 0. The second-order valence-corrected chi connectivity index (χ2v) is 8.51. The van der Waals surface area contributed by atoms with Crippen LogP contribution in [-0.4, -0.2) is 19.3 Å². The van der Waals surface area contributed by atoms with Crippen molar-refractivity contribution in [3.63, 3.8) is 0 Å². The molecule has 158 valence electrons. The Morgan fingerprint density at radius 3 is 1.91 bits per heavy atom. The number of anilines is 1. The highest BCUT2D eigenvalue weighted by Crippen LogP contribution is 2.41. The first-order valence-corrected chi connectivity index (χ1v) is 11.3. The molecule has 0 saturated heterocycles. The van der Waals surface area contributed by atoms with E-state index in [0.29, 0.717) is 5.92 Å². The van der Waals surface area contributed by atoms with Gasteiger partial charge in [-0.2, -0.15) is 0 Å². The maximum Gasteiger partial charge on any atom is 0.0763 e.